The van der Waals surface area contributed by atoms with Gasteiger partial charge in [-0.3, -0.25) is 0 Å². The molecule has 0 spiro atoms. The lowest BCUT2D eigenvalue weighted by Gasteiger charge is -2.32. The number of piperidine rings is 1. The van der Waals surface area contributed by atoms with Gasteiger partial charge in [-0.2, -0.15) is 0 Å². The molecule has 2 rings (SSSR count). The second kappa shape index (κ2) is 7.85. The van der Waals surface area contributed by atoms with E-state index in [1.165, 1.54) is 0 Å². The highest BCUT2D eigenvalue weighted by atomic mass is 16.5. The van der Waals surface area contributed by atoms with E-state index in [9.17, 15) is 4.79 Å². The zero-order chi connectivity index (χ0) is 15.1. The minimum absolute atomic E-state index is 0.00181. The van der Waals surface area contributed by atoms with Gasteiger partial charge in [-0.15, -0.1) is 0 Å². The molecule has 0 unspecified atom stereocenters. The molecule has 6 nitrogen and oxygen atoms in total. The standard InChI is InChI=1S/C15H22N2O4/c1-20-13-5-2-4-12(10-13)16-15(19)17-7-3-6-14(11-17)21-9-8-18/h2,4-5,10,14,18H,3,6-9,11H2,1H3,(H,16,19)/t14-/m1/s1. The van der Waals surface area contributed by atoms with Gasteiger partial charge >= 0.3 is 6.03 Å². The largest absolute Gasteiger partial charge is 0.497 e. The van der Waals surface area contributed by atoms with Crippen LogP contribution in [0.5, 0.6) is 5.75 Å². The van der Waals surface area contributed by atoms with Crippen molar-refractivity contribution in [1.82, 2.24) is 4.90 Å². The van der Waals surface area contributed by atoms with E-state index < -0.39 is 0 Å². The second-order valence-electron chi connectivity index (χ2n) is 4.97. The van der Waals surface area contributed by atoms with Crippen LogP contribution in [-0.4, -0.2) is 55.6 Å². The van der Waals surface area contributed by atoms with Gasteiger partial charge in [0, 0.05) is 24.8 Å². The molecule has 1 saturated heterocycles. The third-order valence-electron chi connectivity index (χ3n) is 3.43. The Hall–Kier alpha value is -1.79. The normalized spacial score (nSPS) is 18.4. The van der Waals surface area contributed by atoms with Crippen LogP contribution in [0.3, 0.4) is 0 Å². The van der Waals surface area contributed by atoms with Crippen molar-refractivity contribution in [3.05, 3.63) is 24.3 Å². The van der Waals surface area contributed by atoms with Crippen LogP contribution in [0.2, 0.25) is 0 Å². The highest BCUT2D eigenvalue weighted by molar-refractivity contribution is 5.89. The minimum atomic E-state index is -0.138. The number of hydrogen-bond acceptors (Lipinski definition) is 4. The number of anilines is 1. The number of hydrogen-bond donors (Lipinski definition) is 2. The van der Waals surface area contributed by atoms with Crippen molar-refractivity contribution in [3.63, 3.8) is 0 Å². The molecule has 0 radical (unpaired) electrons. The van der Waals surface area contributed by atoms with Crippen molar-refractivity contribution in [2.75, 3.05) is 38.7 Å². The molecule has 1 fully saturated rings. The van der Waals surface area contributed by atoms with Crippen molar-refractivity contribution in [3.8, 4) is 5.75 Å². The Morgan fingerprint density at radius 3 is 3.14 bits per heavy atom. The van der Waals surface area contributed by atoms with E-state index in [0.717, 1.165) is 19.4 Å². The number of aliphatic hydroxyl groups is 1. The third-order valence-corrected chi connectivity index (χ3v) is 3.43. The van der Waals surface area contributed by atoms with Crippen LogP contribution < -0.4 is 10.1 Å². The fraction of sp³-hybridized carbons (Fsp3) is 0.533. The van der Waals surface area contributed by atoms with Gasteiger partial charge in [0.2, 0.25) is 0 Å². The lowest BCUT2D eigenvalue weighted by molar-refractivity contribution is -0.00462. The molecule has 0 aromatic heterocycles. The van der Waals surface area contributed by atoms with Crippen LogP contribution in [0.15, 0.2) is 24.3 Å². The first-order chi connectivity index (χ1) is 10.2. The quantitative estimate of drug-likeness (QED) is 0.867. The van der Waals surface area contributed by atoms with Gasteiger partial charge in [0.1, 0.15) is 5.75 Å². The molecule has 6 heteroatoms. The Balaban J connectivity index is 1.89. The number of nitrogens with one attached hydrogen (secondary N) is 1. The molecule has 1 aromatic carbocycles. The molecule has 1 aromatic rings. The van der Waals surface area contributed by atoms with Crippen LogP contribution in [0.1, 0.15) is 12.8 Å². The van der Waals surface area contributed by atoms with Crippen molar-refractivity contribution in [1.29, 1.82) is 0 Å². The molecule has 2 amide bonds. The summed E-state index contributed by atoms with van der Waals surface area (Å²) in [7, 11) is 1.59. The molecule has 2 N–H and O–H groups in total. The Bertz CT molecular complexity index is 467. The average Bonchev–Trinajstić information content (AvgIpc) is 2.53. The van der Waals surface area contributed by atoms with Crippen molar-refractivity contribution in [2.45, 2.75) is 18.9 Å². The van der Waals surface area contributed by atoms with Gasteiger partial charge in [0.25, 0.3) is 0 Å². The number of carbonyl (C=O) groups is 1. The van der Waals surface area contributed by atoms with Gasteiger partial charge in [0.05, 0.1) is 26.4 Å². The van der Waals surface area contributed by atoms with E-state index in [1.54, 1.807) is 18.1 Å². The smallest absolute Gasteiger partial charge is 0.321 e. The molecule has 116 valence electrons. The molecular weight excluding hydrogens is 272 g/mol. The summed E-state index contributed by atoms with van der Waals surface area (Å²) in [5.41, 5.74) is 0.706. The first kappa shape index (κ1) is 15.6. The number of nitrogens with zero attached hydrogens (tertiary/aromatic N) is 1. The second-order valence-corrected chi connectivity index (χ2v) is 4.97. The van der Waals surface area contributed by atoms with Gasteiger partial charge in [0.15, 0.2) is 0 Å². The predicted molar refractivity (Wildman–Crippen MR) is 79.6 cm³/mol. The molecule has 1 aliphatic rings. The zero-order valence-corrected chi connectivity index (χ0v) is 12.2. The van der Waals surface area contributed by atoms with Gasteiger partial charge in [-0.05, 0) is 25.0 Å². The van der Waals surface area contributed by atoms with Gasteiger partial charge in [-0.1, -0.05) is 6.07 Å². The van der Waals surface area contributed by atoms with Crippen LogP contribution in [0.4, 0.5) is 10.5 Å². The maximum absolute atomic E-state index is 12.3. The average molecular weight is 294 g/mol. The monoisotopic (exact) mass is 294 g/mol. The van der Waals surface area contributed by atoms with E-state index in [-0.39, 0.29) is 18.7 Å². The molecular formula is C15H22N2O4. The Labute approximate surface area is 124 Å². The van der Waals surface area contributed by atoms with E-state index in [4.69, 9.17) is 14.6 Å². The summed E-state index contributed by atoms with van der Waals surface area (Å²) in [6.07, 6.45) is 1.83. The maximum Gasteiger partial charge on any atom is 0.321 e. The van der Waals surface area contributed by atoms with Gasteiger partial charge in [-0.25, -0.2) is 4.79 Å². The van der Waals surface area contributed by atoms with Crippen LogP contribution in [0.25, 0.3) is 0 Å². The number of benzene rings is 1. The number of amides is 2. The lowest BCUT2D eigenvalue weighted by Crippen LogP contribution is -2.45. The van der Waals surface area contributed by atoms with E-state index in [1.807, 2.05) is 18.2 Å². The number of carbonyl (C=O) groups excluding carboxylic acids is 1. The Kier molecular flexibility index (Phi) is 5.83. The van der Waals surface area contributed by atoms with Crippen LogP contribution in [0, 0.1) is 0 Å². The summed E-state index contributed by atoms with van der Waals surface area (Å²) < 4.78 is 10.6. The number of urea groups is 1. The maximum atomic E-state index is 12.3. The molecule has 0 saturated carbocycles. The SMILES string of the molecule is COc1cccc(NC(=O)N2CCC[C@@H](OCCO)C2)c1. The van der Waals surface area contributed by atoms with E-state index in [0.29, 0.717) is 24.6 Å². The topological polar surface area (TPSA) is 71.0 Å². The van der Waals surface area contributed by atoms with E-state index >= 15 is 0 Å². The van der Waals surface area contributed by atoms with Crippen LogP contribution in [-0.2, 0) is 4.74 Å². The highest BCUT2D eigenvalue weighted by Gasteiger charge is 2.24. The van der Waals surface area contributed by atoms with E-state index in [2.05, 4.69) is 5.32 Å². The fourth-order valence-corrected chi connectivity index (χ4v) is 2.38. The number of methoxy groups -OCH3 is 1. The molecule has 0 bridgehead atoms. The Morgan fingerprint density at radius 1 is 1.52 bits per heavy atom. The molecule has 1 atom stereocenters. The summed E-state index contributed by atoms with van der Waals surface area (Å²) in [6.45, 7) is 1.59. The summed E-state index contributed by atoms with van der Waals surface area (Å²) in [5.74, 6) is 0.704. The lowest BCUT2D eigenvalue weighted by atomic mass is 10.1. The summed E-state index contributed by atoms with van der Waals surface area (Å²) in [4.78, 5) is 14.0. The summed E-state index contributed by atoms with van der Waals surface area (Å²) >= 11 is 0. The zero-order valence-electron chi connectivity index (χ0n) is 12.2. The Morgan fingerprint density at radius 2 is 2.38 bits per heavy atom. The molecule has 1 aliphatic heterocycles. The number of likely N-dealkylation sites (tertiary alicyclic amines) is 1. The highest BCUT2D eigenvalue weighted by Crippen LogP contribution is 2.19. The van der Waals surface area contributed by atoms with Crippen molar-refractivity contribution < 1.29 is 19.4 Å². The third kappa shape index (κ3) is 4.61. The summed E-state index contributed by atoms with van der Waals surface area (Å²) in [6, 6.07) is 7.12. The fourth-order valence-electron chi connectivity index (χ4n) is 2.38. The minimum Gasteiger partial charge on any atom is -0.497 e. The first-order valence-electron chi connectivity index (χ1n) is 7.15. The summed E-state index contributed by atoms with van der Waals surface area (Å²) in [5, 5.41) is 11.7. The van der Waals surface area contributed by atoms with Crippen LogP contribution >= 0.6 is 0 Å². The number of rotatable bonds is 5. The van der Waals surface area contributed by atoms with Crippen molar-refractivity contribution in [2.24, 2.45) is 0 Å². The first-order valence-corrected chi connectivity index (χ1v) is 7.15. The molecule has 0 aliphatic carbocycles. The predicted octanol–water partition coefficient (Wildman–Crippen LogP) is 1.70. The number of ether oxygens (including phenoxy) is 2. The number of aliphatic hydroxyl groups excluding tert-OH is 1. The molecule has 1 heterocycles. The van der Waals surface area contributed by atoms with Crippen molar-refractivity contribution >= 4 is 11.7 Å². The van der Waals surface area contributed by atoms with Gasteiger partial charge < -0.3 is 24.8 Å². The molecule has 21 heavy (non-hydrogen) atoms.